The molecule has 0 spiro atoms. The summed E-state index contributed by atoms with van der Waals surface area (Å²) in [6, 6.07) is 9.91. The molecule has 1 unspecified atom stereocenters. The lowest BCUT2D eigenvalue weighted by molar-refractivity contribution is 0.905. The van der Waals surface area contributed by atoms with Gasteiger partial charge in [-0.15, -0.1) is 11.8 Å². The molecule has 13 heavy (non-hydrogen) atoms. The van der Waals surface area contributed by atoms with Crippen molar-refractivity contribution in [2.75, 3.05) is 0 Å². The topological polar surface area (TPSA) is 23.8 Å². The average Bonchev–Trinajstić information content (AvgIpc) is 2.18. The van der Waals surface area contributed by atoms with E-state index >= 15 is 0 Å². The van der Waals surface area contributed by atoms with E-state index in [0.717, 1.165) is 12.0 Å². The fraction of sp³-hybridized carbons (Fsp3) is 0.364. The summed E-state index contributed by atoms with van der Waals surface area (Å²) >= 11 is 1.82. The van der Waals surface area contributed by atoms with Crippen molar-refractivity contribution in [3.8, 4) is 6.07 Å². The molecule has 1 nitrogen and oxygen atoms in total. The van der Waals surface area contributed by atoms with Crippen molar-refractivity contribution in [2.45, 2.75) is 30.4 Å². The predicted molar refractivity (Wildman–Crippen MR) is 56.8 cm³/mol. The zero-order chi connectivity index (χ0) is 9.68. The van der Waals surface area contributed by atoms with Gasteiger partial charge in [-0.1, -0.05) is 19.9 Å². The van der Waals surface area contributed by atoms with Crippen LogP contribution in [0.4, 0.5) is 0 Å². The second kappa shape index (κ2) is 4.94. The lowest BCUT2D eigenvalue weighted by atomic mass is 10.2. The van der Waals surface area contributed by atoms with Gasteiger partial charge in [0.2, 0.25) is 0 Å². The SMILES string of the molecule is CCC(C)Sc1cccc(C#N)c1. The van der Waals surface area contributed by atoms with Crippen molar-refractivity contribution in [1.82, 2.24) is 0 Å². The van der Waals surface area contributed by atoms with Gasteiger partial charge in [0.15, 0.2) is 0 Å². The van der Waals surface area contributed by atoms with Crippen LogP contribution in [-0.2, 0) is 0 Å². The summed E-state index contributed by atoms with van der Waals surface area (Å²) in [5.41, 5.74) is 0.744. The number of nitrogens with zero attached hydrogens (tertiary/aromatic N) is 1. The van der Waals surface area contributed by atoms with Gasteiger partial charge in [0, 0.05) is 10.1 Å². The quantitative estimate of drug-likeness (QED) is 0.683. The molecule has 0 fully saturated rings. The van der Waals surface area contributed by atoms with Crippen LogP contribution in [0.5, 0.6) is 0 Å². The van der Waals surface area contributed by atoms with Gasteiger partial charge in [-0.25, -0.2) is 0 Å². The van der Waals surface area contributed by atoms with Crippen molar-refractivity contribution in [2.24, 2.45) is 0 Å². The molecule has 0 saturated carbocycles. The maximum absolute atomic E-state index is 8.69. The number of benzene rings is 1. The first-order valence-electron chi connectivity index (χ1n) is 4.43. The monoisotopic (exact) mass is 191 g/mol. The molecule has 68 valence electrons. The summed E-state index contributed by atoms with van der Waals surface area (Å²) in [6.45, 7) is 4.37. The standard InChI is InChI=1S/C11H13NS/c1-3-9(2)13-11-6-4-5-10(7-11)8-12/h4-7,9H,3H2,1-2H3. The third kappa shape index (κ3) is 3.12. The molecule has 0 radical (unpaired) electrons. The Morgan fingerprint density at radius 1 is 1.54 bits per heavy atom. The van der Waals surface area contributed by atoms with Crippen molar-refractivity contribution in [3.05, 3.63) is 29.8 Å². The van der Waals surface area contributed by atoms with E-state index in [2.05, 4.69) is 26.0 Å². The zero-order valence-corrected chi connectivity index (χ0v) is 8.77. The molecule has 0 saturated heterocycles. The highest BCUT2D eigenvalue weighted by atomic mass is 32.2. The molecule has 0 heterocycles. The fourth-order valence-electron chi connectivity index (χ4n) is 0.955. The van der Waals surface area contributed by atoms with Crippen molar-refractivity contribution < 1.29 is 0 Å². The van der Waals surface area contributed by atoms with Gasteiger partial charge >= 0.3 is 0 Å². The van der Waals surface area contributed by atoms with Crippen LogP contribution in [0.3, 0.4) is 0 Å². The van der Waals surface area contributed by atoms with Crippen molar-refractivity contribution in [1.29, 1.82) is 5.26 Å². The second-order valence-electron chi connectivity index (χ2n) is 2.98. The molecule has 0 bridgehead atoms. The molecule has 2 heteroatoms. The molecule has 0 aliphatic carbocycles. The summed E-state index contributed by atoms with van der Waals surface area (Å²) in [6.07, 6.45) is 1.15. The first-order valence-corrected chi connectivity index (χ1v) is 5.31. The Labute approximate surface area is 83.8 Å². The first-order chi connectivity index (χ1) is 6.26. The normalized spacial score (nSPS) is 12.1. The Hall–Kier alpha value is -0.940. The highest BCUT2D eigenvalue weighted by molar-refractivity contribution is 7.99. The van der Waals surface area contributed by atoms with E-state index < -0.39 is 0 Å². The smallest absolute Gasteiger partial charge is 0.0992 e. The summed E-state index contributed by atoms with van der Waals surface area (Å²) < 4.78 is 0. The number of rotatable bonds is 3. The molecule has 1 aromatic carbocycles. The Bertz CT molecular complexity index is 314. The van der Waals surface area contributed by atoms with E-state index in [1.54, 1.807) is 0 Å². The third-order valence-corrected chi connectivity index (χ3v) is 3.14. The largest absolute Gasteiger partial charge is 0.192 e. The second-order valence-corrected chi connectivity index (χ2v) is 4.49. The molecule has 0 aliphatic rings. The van der Waals surface area contributed by atoms with Crippen LogP contribution in [0.25, 0.3) is 0 Å². The summed E-state index contributed by atoms with van der Waals surface area (Å²) in [4.78, 5) is 1.19. The molecule has 1 aromatic rings. The lowest BCUT2D eigenvalue weighted by Gasteiger charge is -2.07. The number of thioether (sulfide) groups is 1. The Balaban J connectivity index is 2.73. The van der Waals surface area contributed by atoms with Crippen molar-refractivity contribution in [3.63, 3.8) is 0 Å². The zero-order valence-electron chi connectivity index (χ0n) is 7.95. The van der Waals surface area contributed by atoms with Crippen LogP contribution >= 0.6 is 11.8 Å². The molecule has 1 rings (SSSR count). The van der Waals surface area contributed by atoms with E-state index in [1.165, 1.54) is 4.90 Å². The number of hydrogen-bond donors (Lipinski definition) is 0. The van der Waals surface area contributed by atoms with Crippen LogP contribution in [0.2, 0.25) is 0 Å². The van der Waals surface area contributed by atoms with E-state index in [1.807, 2.05) is 30.0 Å². The van der Waals surface area contributed by atoms with E-state index in [0.29, 0.717) is 5.25 Å². The number of hydrogen-bond acceptors (Lipinski definition) is 2. The van der Waals surface area contributed by atoms with Crippen molar-refractivity contribution >= 4 is 11.8 Å². The van der Waals surface area contributed by atoms with Gasteiger partial charge in [0.1, 0.15) is 0 Å². The molecule has 0 N–H and O–H groups in total. The summed E-state index contributed by atoms with van der Waals surface area (Å²) in [7, 11) is 0. The maximum atomic E-state index is 8.69. The van der Waals surface area contributed by atoms with Gasteiger partial charge in [0.05, 0.1) is 11.6 Å². The van der Waals surface area contributed by atoms with Crippen LogP contribution in [0.15, 0.2) is 29.2 Å². The van der Waals surface area contributed by atoms with Gasteiger partial charge in [-0.2, -0.15) is 5.26 Å². The van der Waals surface area contributed by atoms with Crippen LogP contribution < -0.4 is 0 Å². The lowest BCUT2D eigenvalue weighted by Crippen LogP contribution is -1.91. The molecular weight excluding hydrogens is 178 g/mol. The molecular formula is C11H13NS. The summed E-state index contributed by atoms with van der Waals surface area (Å²) in [5.74, 6) is 0. The third-order valence-electron chi connectivity index (χ3n) is 1.88. The first kappa shape index (κ1) is 10.1. The van der Waals surface area contributed by atoms with Crippen LogP contribution in [0.1, 0.15) is 25.8 Å². The number of nitriles is 1. The van der Waals surface area contributed by atoms with Crippen LogP contribution in [0, 0.1) is 11.3 Å². The minimum Gasteiger partial charge on any atom is -0.192 e. The Kier molecular flexibility index (Phi) is 3.85. The Morgan fingerprint density at radius 2 is 2.31 bits per heavy atom. The molecule has 0 amide bonds. The highest BCUT2D eigenvalue weighted by Gasteiger charge is 2.01. The van der Waals surface area contributed by atoms with Crippen LogP contribution in [-0.4, -0.2) is 5.25 Å². The maximum Gasteiger partial charge on any atom is 0.0992 e. The Morgan fingerprint density at radius 3 is 2.92 bits per heavy atom. The van der Waals surface area contributed by atoms with Gasteiger partial charge in [-0.3, -0.25) is 0 Å². The highest BCUT2D eigenvalue weighted by Crippen LogP contribution is 2.25. The van der Waals surface area contributed by atoms with E-state index in [-0.39, 0.29) is 0 Å². The molecule has 0 aromatic heterocycles. The molecule has 0 aliphatic heterocycles. The van der Waals surface area contributed by atoms with Gasteiger partial charge in [-0.05, 0) is 24.6 Å². The predicted octanol–water partition coefficient (Wildman–Crippen LogP) is 3.45. The minimum atomic E-state index is 0.619. The fourth-order valence-corrected chi connectivity index (χ4v) is 1.94. The summed E-state index contributed by atoms with van der Waals surface area (Å²) in [5, 5.41) is 9.31. The van der Waals surface area contributed by atoms with Gasteiger partial charge in [0.25, 0.3) is 0 Å². The minimum absolute atomic E-state index is 0.619. The van der Waals surface area contributed by atoms with Gasteiger partial charge < -0.3 is 0 Å². The molecule has 1 atom stereocenters. The van der Waals surface area contributed by atoms with E-state index in [4.69, 9.17) is 5.26 Å². The average molecular weight is 191 g/mol. The van der Waals surface area contributed by atoms with E-state index in [9.17, 15) is 0 Å².